The Kier molecular flexibility index (Phi) is 4.57. The molecule has 0 N–H and O–H groups in total. The van der Waals surface area contributed by atoms with Crippen molar-refractivity contribution in [1.29, 1.82) is 0 Å². The van der Waals surface area contributed by atoms with Gasteiger partial charge in [-0.3, -0.25) is 4.90 Å². The van der Waals surface area contributed by atoms with Crippen molar-refractivity contribution in [2.45, 2.75) is 30.2 Å². The Morgan fingerprint density at radius 3 is 2.60 bits per heavy atom. The predicted octanol–water partition coefficient (Wildman–Crippen LogP) is 2.50. The van der Waals surface area contributed by atoms with Crippen LogP contribution in [0.5, 0.6) is 0 Å². The molecule has 114 valence electrons. The minimum Gasteiger partial charge on any atom is -0.452 e. The molecule has 0 atom stereocenters. The first-order valence-corrected chi connectivity index (χ1v) is 9.01. The molecule has 1 aliphatic rings. The summed E-state index contributed by atoms with van der Waals surface area (Å²) >= 11 is 8.84. The number of piperazine rings is 1. The summed E-state index contributed by atoms with van der Waals surface area (Å²) in [6, 6.07) is 1.48. The van der Waals surface area contributed by atoms with Gasteiger partial charge in [-0.1, -0.05) is 0 Å². The van der Waals surface area contributed by atoms with Gasteiger partial charge >= 0.3 is 0 Å². The van der Waals surface area contributed by atoms with Gasteiger partial charge in [-0.2, -0.15) is 4.31 Å². The van der Waals surface area contributed by atoms with Gasteiger partial charge in [-0.25, -0.2) is 8.42 Å². The van der Waals surface area contributed by atoms with E-state index < -0.39 is 10.0 Å². The summed E-state index contributed by atoms with van der Waals surface area (Å²) in [5, 5.41) is 0. The lowest BCUT2D eigenvalue weighted by Gasteiger charge is -2.44. The van der Waals surface area contributed by atoms with Gasteiger partial charge in [-0.15, -0.1) is 11.6 Å². The summed E-state index contributed by atoms with van der Waals surface area (Å²) in [5.74, 6) is 0.577. The van der Waals surface area contributed by atoms with Crippen molar-refractivity contribution >= 4 is 37.6 Å². The Morgan fingerprint density at radius 2 is 2.10 bits per heavy atom. The van der Waals surface area contributed by atoms with Gasteiger partial charge in [0, 0.05) is 31.2 Å². The van der Waals surface area contributed by atoms with E-state index in [1.54, 1.807) is 0 Å². The monoisotopic (exact) mass is 384 g/mol. The number of furan rings is 1. The van der Waals surface area contributed by atoms with Crippen LogP contribution < -0.4 is 0 Å². The number of alkyl halides is 1. The zero-order valence-electron chi connectivity index (χ0n) is 11.7. The molecule has 0 radical (unpaired) electrons. The fraction of sp³-hybridized carbons (Fsp3) is 0.667. The normalized spacial score (nSPS) is 21.2. The van der Waals surface area contributed by atoms with Crippen LogP contribution in [0.25, 0.3) is 0 Å². The van der Waals surface area contributed by atoms with Crippen molar-refractivity contribution < 1.29 is 12.8 Å². The second kappa shape index (κ2) is 5.61. The zero-order chi connectivity index (χ0) is 15.1. The maximum absolute atomic E-state index is 12.7. The van der Waals surface area contributed by atoms with Crippen LogP contribution in [0.1, 0.15) is 19.6 Å². The van der Waals surface area contributed by atoms with Crippen LogP contribution in [0.3, 0.4) is 0 Å². The molecule has 0 aliphatic carbocycles. The lowest BCUT2D eigenvalue weighted by Crippen LogP contribution is -2.58. The van der Waals surface area contributed by atoms with E-state index in [9.17, 15) is 8.42 Å². The van der Waals surface area contributed by atoms with Crippen molar-refractivity contribution in [2.24, 2.45) is 0 Å². The zero-order valence-corrected chi connectivity index (χ0v) is 14.8. The standard InChI is InChI=1S/C12H18BrClN2O3S/c1-12(2)8-16(5-4-15(12)3)20(17,18)10-6-9(7-14)19-11(10)13/h6H,4-5,7-8H2,1-3H3. The van der Waals surface area contributed by atoms with Crippen molar-refractivity contribution in [3.8, 4) is 0 Å². The van der Waals surface area contributed by atoms with Crippen LogP contribution in [0.2, 0.25) is 0 Å². The third kappa shape index (κ3) is 2.92. The maximum Gasteiger partial charge on any atom is 0.247 e. The van der Waals surface area contributed by atoms with Crippen molar-refractivity contribution in [1.82, 2.24) is 9.21 Å². The fourth-order valence-corrected chi connectivity index (χ4v) is 4.86. The van der Waals surface area contributed by atoms with Gasteiger partial charge in [0.15, 0.2) is 4.67 Å². The average Bonchev–Trinajstić information content (AvgIpc) is 2.74. The predicted molar refractivity (Wildman–Crippen MR) is 81.4 cm³/mol. The smallest absolute Gasteiger partial charge is 0.247 e. The van der Waals surface area contributed by atoms with E-state index in [0.29, 0.717) is 25.4 Å². The van der Waals surface area contributed by atoms with Gasteiger partial charge in [0.05, 0.1) is 5.88 Å². The first-order chi connectivity index (χ1) is 9.18. The van der Waals surface area contributed by atoms with Crippen LogP contribution >= 0.6 is 27.5 Å². The van der Waals surface area contributed by atoms with Gasteiger partial charge in [0.25, 0.3) is 0 Å². The Bertz CT molecular complexity index is 600. The van der Waals surface area contributed by atoms with E-state index in [2.05, 4.69) is 20.8 Å². The molecule has 1 saturated heterocycles. The van der Waals surface area contributed by atoms with E-state index >= 15 is 0 Å². The molecule has 0 unspecified atom stereocenters. The number of likely N-dealkylation sites (N-methyl/N-ethyl adjacent to an activating group) is 1. The van der Waals surface area contributed by atoms with E-state index in [1.807, 2.05) is 20.9 Å². The molecule has 2 heterocycles. The van der Waals surface area contributed by atoms with E-state index in [1.165, 1.54) is 10.4 Å². The van der Waals surface area contributed by atoms with Crippen molar-refractivity contribution in [2.75, 3.05) is 26.7 Å². The molecule has 0 spiro atoms. The Hall–Kier alpha value is -0.0800. The molecule has 1 aliphatic heterocycles. The lowest BCUT2D eigenvalue weighted by atomic mass is 10.0. The highest BCUT2D eigenvalue weighted by molar-refractivity contribution is 9.10. The Balaban J connectivity index is 2.33. The van der Waals surface area contributed by atoms with Crippen molar-refractivity contribution in [3.05, 3.63) is 16.5 Å². The first-order valence-electron chi connectivity index (χ1n) is 6.24. The molecule has 8 heteroatoms. The van der Waals surface area contributed by atoms with Crippen LogP contribution in [-0.2, 0) is 15.9 Å². The molecule has 0 aromatic carbocycles. The molecule has 1 aromatic rings. The summed E-state index contributed by atoms with van der Waals surface area (Å²) < 4.78 is 32.4. The first kappa shape index (κ1) is 16.3. The summed E-state index contributed by atoms with van der Waals surface area (Å²) in [7, 11) is -1.57. The Labute approximate surface area is 133 Å². The largest absolute Gasteiger partial charge is 0.452 e. The number of halogens is 2. The summed E-state index contributed by atoms with van der Waals surface area (Å²) in [6.45, 7) is 5.67. The van der Waals surface area contributed by atoms with Gasteiger partial charge in [0.1, 0.15) is 10.7 Å². The van der Waals surface area contributed by atoms with E-state index in [4.69, 9.17) is 16.0 Å². The molecule has 1 aromatic heterocycles. The maximum atomic E-state index is 12.7. The van der Waals surface area contributed by atoms with Crippen LogP contribution in [-0.4, -0.2) is 49.8 Å². The highest BCUT2D eigenvalue weighted by Gasteiger charge is 2.38. The minimum absolute atomic E-state index is 0.141. The summed E-state index contributed by atoms with van der Waals surface area (Å²) in [5.41, 5.74) is -0.198. The third-order valence-corrected chi connectivity index (χ3v) is 6.70. The molecule has 20 heavy (non-hydrogen) atoms. The molecular formula is C12H18BrClN2O3S. The highest BCUT2D eigenvalue weighted by atomic mass is 79.9. The van der Waals surface area contributed by atoms with Crippen LogP contribution in [0.4, 0.5) is 0 Å². The second-order valence-corrected chi connectivity index (χ2v) is 8.45. The van der Waals surface area contributed by atoms with E-state index in [-0.39, 0.29) is 21.0 Å². The second-order valence-electron chi connectivity index (χ2n) is 5.56. The quantitative estimate of drug-likeness (QED) is 0.750. The third-order valence-electron chi connectivity index (χ3n) is 3.74. The number of sulfonamides is 1. The highest BCUT2D eigenvalue weighted by Crippen LogP contribution is 2.31. The molecule has 2 rings (SSSR count). The van der Waals surface area contributed by atoms with Gasteiger partial charge in [-0.05, 0) is 36.8 Å². The van der Waals surface area contributed by atoms with Gasteiger partial charge in [0.2, 0.25) is 10.0 Å². The van der Waals surface area contributed by atoms with Crippen LogP contribution in [0.15, 0.2) is 20.0 Å². The fourth-order valence-electron chi connectivity index (χ4n) is 2.18. The molecule has 0 amide bonds. The molecular weight excluding hydrogens is 368 g/mol. The molecule has 5 nitrogen and oxygen atoms in total. The minimum atomic E-state index is -3.57. The van der Waals surface area contributed by atoms with E-state index in [0.717, 1.165) is 0 Å². The van der Waals surface area contributed by atoms with Crippen LogP contribution in [0, 0.1) is 0 Å². The van der Waals surface area contributed by atoms with Gasteiger partial charge < -0.3 is 4.42 Å². The molecule has 0 saturated carbocycles. The topological polar surface area (TPSA) is 53.8 Å². The Morgan fingerprint density at radius 1 is 1.45 bits per heavy atom. The summed E-state index contributed by atoms with van der Waals surface area (Å²) in [6.07, 6.45) is 0. The number of hydrogen-bond acceptors (Lipinski definition) is 4. The van der Waals surface area contributed by atoms with Crippen molar-refractivity contribution in [3.63, 3.8) is 0 Å². The lowest BCUT2D eigenvalue weighted by molar-refractivity contribution is 0.0801. The average molecular weight is 386 g/mol. The SMILES string of the molecule is CN1CCN(S(=O)(=O)c2cc(CCl)oc2Br)CC1(C)C. The summed E-state index contributed by atoms with van der Waals surface area (Å²) in [4.78, 5) is 2.31. The molecule has 0 bridgehead atoms. The number of hydrogen-bond donors (Lipinski definition) is 0. The molecule has 1 fully saturated rings. The number of rotatable bonds is 3. The number of nitrogens with zero attached hydrogens (tertiary/aromatic N) is 2.